The van der Waals surface area contributed by atoms with Crippen molar-refractivity contribution in [3.05, 3.63) is 77.6 Å². The van der Waals surface area contributed by atoms with Crippen LogP contribution in [0.2, 0.25) is 0 Å². The maximum absolute atomic E-state index is 12.3. The maximum Gasteiger partial charge on any atom is 0.338 e. The first-order valence-electron chi connectivity index (χ1n) is 8.77. The molecule has 0 atom stereocenters. The van der Waals surface area contributed by atoms with Crippen LogP contribution in [0.4, 0.5) is 17.3 Å². The molecule has 29 heavy (non-hydrogen) atoms. The van der Waals surface area contributed by atoms with E-state index in [1.165, 1.54) is 12.4 Å². The molecule has 0 aliphatic rings. The van der Waals surface area contributed by atoms with Crippen LogP contribution in [0.3, 0.4) is 0 Å². The number of carbonyl (C=O) groups excluding carboxylic acids is 2. The number of esters is 1. The molecule has 144 valence electrons. The molecule has 3 rings (SSSR count). The van der Waals surface area contributed by atoms with Crippen molar-refractivity contribution >= 4 is 29.2 Å². The number of rotatable bonds is 6. The van der Waals surface area contributed by atoms with E-state index in [9.17, 15) is 9.59 Å². The van der Waals surface area contributed by atoms with Crippen LogP contribution in [0.25, 0.3) is 0 Å². The number of benzene rings is 2. The van der Waals surface area contributed by atoms with Gasteiger partial charge in [0.1, 0.15) is 0 Å². The molecule has 0 fully saturated rings. The van der Waals surface area contributed by atoms with Gasteiger partial charge in [0.25, 0.3) is 5.91 Å². The highest BCUT2D eigenvalue weighted by Crippen LogP contribution is 2.15. The van der Waals surface area contributed by atoms with E-state index in [2.05, 4.69) is 20.6 Å². The molecule has 8 nitrogen and oxygen atoms in total. The largest absolute Gasteiger partial charge is 0.462 e. The summed E-state index contributed by atoms with van der Waals surface area (Å²) in [4.78, 5) is 32.2. The fourth-order valence-electron chi connectivity index (χ4n) is 2.37. The highest BCUT2D eigenvalue weighted by atomic mass is 16.5. The lowest BCUT2D eigenvalue weighted by Gasteiger charge is -2.07. The fourth-order valence-corrected chi connectivity index (χ4v) is 2.37. The maximum atomic E-state index is 12.3. The first-order valence-corrected chi connectivity index (χ1v) is 8.77. The molecule has 1 amide bonds. The Morgan fingerprint density at radius 2 is 1.59 bits per heavy atom. The summed E-state index contributed by atoms with van der Waals surface area (Å²) in [5.41, 5.74) is 2.51. The minimum Gasteiger partial charge on any atom is -0.462 e. The molecule has 2 aromatic carbocycles. The van der Waals surface area contributed by atoms with Gasteiger partial charge in [-0.25, -0.2) is 14.8 Å². The molecule has 1 heterocycles. The lowest BCUT2D eigenvalue weighted by Crippen LogP contribution is -2.13. The summed E-state index contributed by atoms with van der Waals surface area (Å²) in [6.45, 7) is 2.07. The Hall–Kier alpha value is -4.25. The number of aromatic nitrogens is 2. The van der Waals surface area contributed by atoms with Gasteiger partial charge in [0.05, 0.1) is 29.4 Å². The molecule has 0 bridgehead atoms. The van der Waals surface area contributed by atoms with Crippen molar-refractivity contribution in [3.63, 3.8) is 0 Å². The molecule has 0 saturated carbocycles. The number of anilines is 3. The fraction of sp³-hybridized carbons (Fsp3) is 0.0952. The van der Waals surface area contributed by atoms with Gasteiger partial charge in [-0.15, -0.1) is 0 Å². The van der Waals surface area contributed by atoms with Gasteiger partial charge in [-0.2, -0.15) is 5.26 Å². The van der Waals surface area contributed by atoms with Gasteiger partial charge in [-0.1, -0.05) is 0 Å². The second-order valence-corrected chi connectivity index (χ2v) is 5.86. The van der Waals surface area contributed by atoms with Crippen LogP contribution < -0.4 is 10.6 Å². The van der Waals surface area contributed by atoms with E-state index < -0.39 is 0 Å². The quantitative estimate of drug-likeness (QED) is 0.621. The van der Waals surface area contributed by atoms with E-state index in [1.54, 1.807) is 55.5 Å². The number of nitrogens with zero attached hydrogens (tertiary/aromatic N) is 3. The van der Waals surface area contributed by atoms with Crippen molar-refractivity contribution in [1.29, 1.82) is 5.26 Å². The lowest BCUT2D eigenvalue weighted by molar-refractivity contribution is 0.0526. The van der Waals surface area contributed by atoms with Crippen LogP contribution in [0.15, 0.2) is 60.9 Å². The van der Waals surface area contributed by atoms with Crippen LogP contribution in [-0.4, -0.2) is 28.5 Å². The van der Waals surface area contributed by atoms with E-state index in [0.29, 0.717) is 35.1 Å². The summed E-state index contributed by atoms with van der Waals surface area (Å²) < 4.78 is 4.94. The molecule has 2 N–H and O–H groups in total. The molecular formula is C21H17N5O3. The van der Waals surface area contributed by atoms with Crippen molar-refractivity contribution in [2.75, 3.05) is 17.2 Å². The van der Waals surface area contributed by atoms with Crippen LogP contribution in [0.1, 0.15) is 33.2 Å². The highest BCUT2D eigenvalue weighted by molar-refractivity contribution is 6.03. The topological polar surface area (TPSA) is 117 Å². The van der Waals surface area contributed by atoms with Crippen molar-refractivity contribution in [2.24, 2.45) is 0 Å². The number of hydrogen-bond donors (Lipinski definition) is 2. The van der Waals surface area contributed by atoms with Crippen LogP contribution in [-0.2, 0) is 4.74 Å². The van der Waals surface area contributed by atoms with Gasteiger partial charge in [-0.05, 0) is 55.5 Å². The first kappa shape index (κ1) is 19.5. The smallest absolute Gasteiger partial charge is 0.338 e. The number of ether oxygens (including phenoxy) is 1. The summed E-state index contributed by atoms with van der Waals surface area (Å²) in [5.74, 6) is -0.434. The second-order valence-electron chi connectivity index (χ2n) is 5.86. The first-order chi connectivity index (χ1) is 14.1. The van der Waals surface area contributed by atoms with E-state index >= 15 is 0 Å². The van der Waals surface area contributed by atoms with Crippen molar-refractivity contribution in [1.82, 2.24) is 9.97 Å². The van der Waals surface area contributed by atoms with E-state index in [-0.39, 0.29) is 17.4 Å². The van der Waals surface area contributed by atoms with Crippen molar-refractivity contribution in [3.8, 4) is 6.07 Å². The summed E-state index contributed by atoms with van der Waals surface area (Å²) >= 11 is 0. The summed E-state index contributed by atoms with van der Waals surface area (Å²) in [7, 11) is 0. The molecule has 0 unspecified atom stereocenters. The Morgan fingerprint density at radius 3 is 2.17 bits per heavy atom. The molecule has 8 heteroatoms. The van der Waals surface area contributed by atoms with Crippen molar-refractivity contribution < 1.29 is 14.3 Å². The Bertz CT molecular complexity index is 1040. The Kier molecular flexibility index (Phi) is 6.12. The van der Waals surface area contributed by atoms with Crippen LogP contribution in [0.5, 0.6) is 0 Å². The van der Waals surface area contributed by atoms with E-state index in [1.807, 2.05) is 6.07 Å². The molecule has 0 spiro atoms. The minimum atomic E-state index is -0.382. The third kappa shape index (κ3) is 5.14. The summed E-state index contributed by atoms with van der Waals surface area (Å²) in [5, 5.41) is 14.5. The number of nitrogens with one attached hydrogen (secondary N) is 2. The SMILES string of the molecule is CCOC(=O)c1ccc(Nc2ncc(C(=O)Nc3ccc(C#N)cc3)cn2)cc1. The second kappa shape index (κ2) is 9.10. The van der Waals surface area contributed by atoms with Gasteiger partial charge in [0.15, 0.2) is 0 Å². The zero-order chi connectivity index (χ0) is 20.6. The standard InChI is InChI=1S/C21H17N5O3/c1-2-29-20(28)15-5-9-18(10-6-15)26-21-23-12-16(13-24-21)19(27)25-17-7-3-14(11-22)4-8-17/h3-10,12-13H,2H2,1H3,(H,25,27)(H,23,24,26). The van der Waals surface area contributed by atoms with Gasteiger partial charge in [0.2, 0.25) is 5.95 Å². The molecule has 0 saturated heterocycles. The zero-order valence-corrected chi connectivity index (χ0v) is 15.5. The monoisotopic (exact) mass is 387 g/mol. The van der Waals surface area contributed by atoms with Gasteiger partial charge >= 0.3 is 5.97 Å². The van der Waals surface area contributed by atoms with E-state index in [4.69, 9.17) is 10.00 Å². The number of nitriles is 1. The molecule has 0 aliphatic heterocycles. The Labute approximate surface area is 167 Å². The number of hydrogen-bond acceptors (Lipinski definition) is 7. The van der Waals surface area contributed by atoms with Gasteiger partial charge in [-0.3, -0.25) is 4.79 Å². The normalized spacial score (nSPS) is 9.93. The molecule has 0 radical (unpaired) electrons. The molecule has 0 aliphatic carbocycles. The third-order valence-electron chi connectivity index (χ3n) is 3.84. The summed E-state index contributed by atoms with van der Waals surface area (Å²) in [6, 6.07) is 15.2. The lowest BCUT2D eigenvalue weighted by atomic mass is 10.2. The predicted octanol–water partition coefficient (Wildman–Crippen LogP) is 3.52. The number of amides is 1. The minimum absolute atomic E-state index is 0.289. The highest BCUT2D eigenvalue weighted by Gasteiger charge is 2.09. The Morgan fingerprint density at radius 1 is 0.966 bits per heavy atom. The zero-order valence-electron chi connectivity index (χ0n) is 15.5. The molecule has 1 aromatic heterocycles. The average molecular weight is 387 g/mol. The van der Waals surface area contributed by atoms with Crippen LogP contribution in [0, 0.1) is 11.3 Å². The summed E-state index contributed by atoms with van der Waals surface area (Å²) in [6.07, 6.45) is 2.81. The van der Waals surface area contributed by atoms with Gasteiger partial charge < -0.3 is 15.4 Å². The van der Waals surface area contributed by atoms with Crippen LogP contribution >= 0.6 is 0 Å². The third-order valence-corrected chi connectivity index (χ3v) is 3.84. The Balaban J connectivity index is 1.61. The predicted molar refractivity (Wildman–Crippen MR) is 107 cm³/mol. The van der Waals surface area contributed by atoms with E-state index in [0.717, 1.165) is 0 Å². The number of carbonyl (C=O) groups is 2. The molecule has 3 aromatic rings. The average Bonchev–Trinajstić information content (AvgIpc) is 2.75. The van der Waals surface area contributed by atoms with Crippen molar-refractivity contribution in [2.45, 2.75) is 6.92 Å². The van der Waals surface area contributed by atoms with Gasteiger partial charge in [0, 0.05) is 23.8 Å². The molecular weight excluding hydrogens is 370 g/mol.